The molecule has 0 aliphatic carbocycles. The zero-order valence-corrected chi connectivity index (χ0v) is 11.6. The molecule has 0 saturated carbocycles. The molecule has 0 aliphatic heterocycles. The molecule has 0 spiro atoms. The van der Waals surface area contributed by atoms with Crippen molar-refractivity contribution in [1.82, 2.24) is 10.2 Å². The van der Waals surface area contributed by atoms with E-state index in [1.54, 1.807) is 12.1 Å². The van der Waals surface area contributed by atoms with E-state index in [0.29, 0.717) is 12.3 Å². The lowest BCUT2D eigenvalue weighted by molar-refractivity contribution is 0.106. The molecule has 0 saturated heterocycles. The van der Waals surface area contributed by atoms with Gasteiger partial charge in [0.25, 0.3) is 0 Å². The van der Waals surface area contributed by atoms with Crippen molar-refractivity contribution in [2.24, 2.45) is 0 Å². The minimum Gasteiger partial charge on any atom is -0.491 e. The van der Waals surface area contributed by atoms with Crippen molar-refractivity contribution in [3.05, 3.63) is 30.1 Å². The van der Waals surface area contributed by atoms with Gasteiger partial charge in [0.1, 0.15) is 24.3 Å². The molecule has 0 aromatic heterocycles. The lowest BCUT2D eigenvalue weighted by atomic mass is 10.3. The smallest absolute Gasteiger partial charge is 0.123 e. The van der Waals surface area contributed by atoms with Crippen LogP contribution in [0.15, 0.2) is 24.3 Å². The van der Waals surface area contributed by atoms with Gasteiger partial charge in [-0.1, -0.05) is 6.92 Å². The van der Waals surface area contributed by atoms with Gasteiger partial charge >= 0.3 is 0 Å². The van der Waals surface area contributed by atoms with Gasteiger partial charge in [-0.05, 0) is 37.9 Å². The number of nitrogens with one attached hydrogen (secondary N) is 1. The van der Waals surface area contributed by atoms with Crippen molar-refractivity contribution in [3.8, 4) is 5.75 Å². The molecule has 108 valence electrons. The number of halogens is 1. The number of benzene rings is 1. The third-order valence-corrected chi connectivity index (χ3v) is 2.85. The topological polar surface area (TPSA) is 44.7 Å². The van der Waals surface area contributed by atoms with Gasteiger partial charge in [0.2, 0.25) is 0 Å². The average Bonchev–Trinajstić information content (AvgIpc) is 2.42. The van der Waals surface area contributed by atoms with Gasteiger partial charge in [-0.2, -0.15) is 0 Å². The summed E-state index contributed by atoms with van der Waals surface area (Å²) in [6, 6.07) is 5.76. The Morgan fingerprint density at radius 1 is 1.37 bits per heavy atom. The molecule has 0 aliphatic rings. The molecule has 1 aromatic carbocycles. The first-order chi connectivity index (χ1) is 9.11. The molecule has 0 fully saturated rings. The monoisotopic (exact) mass is 270 g/mol. The van der Waals surface area contributed by atoms with Crippen molar-refractivity contribution in [1.29, 1.82) is 0 Å². The van der Waals surface area contributed by atoms with Crippen LogP contribution in [0.3, 0.4) is 0 Å². The Morgan fingerprint density at radius 3 is 2.68 bits per heavy atom. The first-order valence-corrected chi connectivity index (χ1v) is 6.57. The fourth-order valence-corrected chi connectivity index (χ4v) is 1.48. The fraction of sp³-hybridized carbons (Fsp3) is 0.571. The number of aliphatic hydroxyl groups excluding tert-OH is 1. The van der Waals surface area contributed by atoms with Gasteiger partial charge in [0.15, 0.2) is 0 Å². The minimum absolute atomic E-state index is 0.197. The molecule has 1 atom stereocenters. The quantitative estimate of drug-likeness (QED) is 0.660. The molecular formula is C14H23FN2O2. The predicted molar refractivity (Wildman–Crippen MR) is 73.9 cm³/mol. The van der Waals surface area contributed by atoms with Gasteiger partial charge in [0.05, 0.1) is 0 Å². The second-order valence-electron chi connectivity index (χ2n) is 4.52. The second-order valence-corrected chi connectivity index (χ2v) is 4.52. The maximum absolute atomic E-state index is 12.7. The maximum atomic E-state index is 12.7. The highest BCUT2D eigenvalue weighted by Crippen LogP contribution is 2.10. The number of rotatable bonds is 9. The normalized spacial score (nSPS) is 12.7. The molecule has 1 aromatic rings. The molecular weight excluding hydrogens is 247 g/mol. The fourth-order valence-electron chi connectivity index (χ4n) is 1.48. The molecule has 0 bridgehead atoms. The van der Waals surface area contributed by atoms with E-state index in [4.69, 9.17) is 4.74 Å². The summed E-state index contributed by atoms with van der Waals surface area (Å²) in [6.07, 6.45) is -0.572. The third kappa shape index (κ3) is 7.10. The SMILES string of the molecule is CCN(C)CCNCC(O)COc1ccc(F)cc1. The predicted octanol–water partition coefficient (Wildman–Crippen LogP) is 1.11. The zero-order chi connectivity index (χ0) is 14.1. The van der Waals surface area contributed by atoms with E-state index in [1.165, 1.54) is 12.1 Å². The summed E-state index contributed by atoms with van der Waals surface area (Å²) in [5, 5.41) is 12.9. The number of nitrogens with zero attached hydrogens (tertiary/aromatic N) is 1. The average molecular weight is 270 g/mol. The lowest BCUT2D eigenvalue weighted by Crippen LogP contribution is -2.36. The maximum Gasteiger partial charge on any atom is 0.123 e. The van der Waals surface area contributed by atoms with Crippen LogP contribution < -0.4 is 10.1 Å². The summed E-state index contributed by atoms with van der Waals surface area (Å²) in [4.78, 5) is 2.19. The number of hydrogen-bond acceptors (Lipinski definition) is 4. The third-order valence-electron chi connectivity index (χ3n) is 2.85. The van der Waals surface area contributed by atoms with Crippen LogP contribution in [0, 0.1) is 5.82 Å². The molecule has 0 heterocycles. The summed E-state index contributed by atoms with van der Waals surface area (Å²) in [5.41, 5.74) is 0. The summed E-state index contributed by atoms with van der Waals surface area (Å²) >= 11 is 0. The highest BCUT2D eigenvalue weighted by Gasteiger charge is 2.05. The Balaban J connectivity index is 2.10. The van der Waals surface area contributed by atoms with Crippen LogP contribution in [0.4, 0.5) is 4.39 Å². The Kier molecular flexibility index (Phi) is 7.40. The first kappa shape index (κ1) is 15.9. The van der Waals surface area contributed by atoms with Crippen molar-refractivity contribution in [2.75, 3.05) is 39.8 Å². The van der Waals surface area contributed by atoms with Crippen LogP contribution in [-0.4, -0.2) is 55.9 Å². The molecule has 2 N–H and O–H groups in total. The van der Waals surface area contributed by atoms with Crippen molar-refractivity contribution < 1.29 is 14.2 Å². The van der Waals surface area contributed by atoms with Crippen LogP contribution in [0.2, 0.25) is 0 Å². The van der Waals surface area contributed by atoms with Crippen molar-refractivity contribution in [2.45, 2.75) is 13.0 Å². The Labute approximate surface area is 114 Å². The van der Waals surface area contributed by atoms with Gasteiger partial charge < -0.3 is 20.1 Å². The summed E-state index contributed by atoms with van der Waals surface area (Å²) in [5.74, 6) is 0.265. The van der Waals surface area contributed by atoms with E-state index >= 15 is 0 Å². The van der Waals surface area contributed by atoms with E-state index in [0.717, 1.165) is 19.6 Å². The molecule has 0 amide bonds. The van der Waals surface area contributed by atoms with Crippen LogP contribution in [-0.2, 0) is 0 Å². The Hall–Kier alpha value is -1.17. The van der Waals surface area contributed by atoms with Crippen molar-refractivity contribution >= 4 is 0 Å². The van der Waals surface area contributed by atoms with E-state index in [9.17, 15) is 9.50 Å². The van der Waals surface area contributed by atoms with E-state index in [2.05, 4.69) is 24.2 Å². The highest BCUT2D eigenvalue weighted by molar-refractivity contribution is 5.22. The minimum atomic E-state index is -0.572. The number of likely N-dealkylation sites (N-methyl/N-ethyl adjacent to an activating group) is 1. The van der Waals surface area contributed by atoms with E-state index in [-0.39, 0.29) is 12.4 Å². The van der Waals surface area contributed by atoms with E-state index < -0.39 is 6.10 Å². The largest absolute Gasteiger partial charge is 0.491 e. The van der Waals surface area contributed by atoms with Crippen LogP contribution >= 0.6 is 0 Å². The first-order valence-electron chi connectivity index (χ1n) is 6.57. The van der Waals surface area contributed by atoms with Crippen LogP contribution in [0.5, 0.6) is 5.75 Å². The molecule has 1 unspecified atom stereocenters. The molecule has 19 heavy (non-hydrogen) atoms. The summed E-state index contributed by atoms with van der Waals surface area (Å²) in [7, 11) is 2.05. The lowest BCUT2D eigenvalue weighted by Gasteiger charge is -2.16. The summed E-state index contributed by atoms with van der Waals surface area (Å²) in [6.45, 7) is 5.57. The zero-order valence-electron chi connectivity index (χ0n) is 11.6. The van der Waals surface area contributed by atoms with Crippen molar-refractivity contribution in [3.63, 3.8) is 0 Å². The van der Waals surface area contributed by atoms with Gasteiger partial charge in [-0.3, -0.25) is 0 Å². The van der Waals surface area contributed by atoms with Gasteiger partial charge in [-0.15, -0.1) is 0 Å². The second kappa shape index (κ2) is 8.85. The molecule has 1 rings (SSSR count). The highest BCUT2D eigenvalue weighted by atomic mass is 19.1. The Morgan fingerprint density at radius 2 is 2.05 bits per heavy atom. The molecule has 0 radical (unpaired) electrons. The van der Waals surface area contributed by atoms with Crippen LogP contribution in [0.25, 0.3) is 0 Å². The van der Waals surface area contributed by atoms with Crippen LogP contribution in [0.1, 0.15) is 6.92 Å². The number of aliphatic hydroxyl groups is 1. The van der Waals surface area contributed by atoms with Gasteiger partial charge in [-0.25, -0.2) is 4.39 Å². The number of ether oxygens (including phenoxy) is 1. The molecule has 5 heteroatoms. The molecule has 4 nitrogen and oxygen atoms in total. The summed E-state index contributed by atoms with van der Waals surface area (Å²) < 4.78 is 18.0. The van der Waals surface area contributed by atoms with E-state index in [1.807, 2.05) is 0 Å². The standard InChI is InChI=1S/C14H23FN2O2/c1-3-17(2)9-8-16-10-13(18)11-19-14-6-4-12(15)5-7-14/h4-7,13,16,18H,3,8-11H2,1-2H3. The van der Waals surface area contributed by atoms with Gasteiger partial charge in [0, 0.05) is 19.6 Å². The Bertz CT molecular complexity index is 346. The number of hydrogen-bond donors (Lipinski definition) is 2.